The third-order valence-corrected chi connectivity index (χ3v) is 6.06. The quantitative estimate of drug-likeness (QED) is 0.537. The molecule has 1 aliphatic heterocycles. The number of carbonyl (C=O) groups excluding carboxylic acids is 2. The van der Waals surface area contributed by atoms with Gasteiger partial charge in [-0.3, -0.25) is 9.59 Å². The van der Waals surface area contributed by atoms with Crippen LogP contribution in [0.2, 0.25) is 0 Å². The van der Waals surface area contributed by atoms with E-state index in [0.717, 1.165) is 19.3 Å². The van der Waals surface area contributed by atoms with Crippen LogP contribution in [0.5, 0.6) is 0 Å². The SMILES string of the molecule is CC.CCC(C)CC(CC(C)C)Nc1cc2c(C(=O)NC3CN(C(C)=O)C3)c(C#N)oc2cn1. The lowest BCUT2D eigenvalue weighted by Gasteiger charge is -2.38. The van der Waals surface area contributed by atoms with Crippen LogP contribution in [0.4, 0.5) is 5.82 Å². The van der Waals surface area contributed by atoms with Crippen molar-refractivity contribution in [1.82, 2.24) is 15.2 Å². The highest BCUT2D eigenvalue weighted by Crippen LogP contribution is 2.28. The summed E-state index contributed by atoms with van der Waals surface area (Å²) in [4.78, 5) is 30.5. The van der Waals surface area contributed by atoms with Gasteiger partial charge in [0, 0.05) is 31.4 Å². The number of rotatable bonds is 9. The molecule has 1 fully saturated rings. The van der Waals surface area contributed by atoms with Gasteiger partial charge in [-0.05, 0) is 30.7 Å². The Morgan fingerprint density at radius 3 is 2.50 bits per heavy atom. The standard InChI is InChI=1S/C24H33N5O3.C2H6/c1-6-15(4)8-17(7-14(2)3)27-22-9-19-21(11-26-22)32-20(10-25)23(19)24(31)28-18-12-29(13-18)16(5)30;1-2/h9,11,14-15,17-18H,6-8,12-13H2,1-5H3,(H,26,27)(H,28,31);1-2H3. The number of fused-ring (bicyclic) bond motifs is 1. The number of furan rings is 1. The number of hydrogen-bond donors (Lipinski definition) is 2. The molecule has 0 bridgehead atoms. The van der Waals surface area contributed by atoms with Crippen LogP contribution < -0.4 is 10.6 Å². The molecule has 0 aromatic carbocycles. The average Bonchev–Trinajstić information content (AvgIpc) is 3.14. The van der Waals surface area contributed by atoms with Crippen molar-refractivity contribution in [3.63, 3.8) is 0 Å². The van der Waals surface area contributed by atoms with E-state index in [-0.39, 0.29) is 35.2 Å². The van der Waals surface area contributed by atoms with Crippen LogP contribution in [-0.2, 0) is 4.79 Å². The minimum Gasteiger partial charge on any atom is -0.443 e. The number of amides is 2. The highest BCUT2D eigenvalue weighted by Gasteiger charge is 2.32. The second-order valence-electron chi connectivity index (χ2n) is 9.30. The van der Waals surface area contributed by atoms with Crippen molar-refractivity contribution in [1.29, 1.82) is 5.26 Å². The maximum absolute atomic E-state index is 13.0. The number of anilines is 1. The van der Waals surface area contributed by atoms with E-state index in [2.05, 4.69) is 43.3 Å². The molecule has 2 atom stereocenters. The maximum Gasteiger partial charge on any atom is 0.256 e. The molecule has 0 aliphatic carbocycles. The predicted octanol–water partition coefficient (Wildman–Crippen LogP) is 4.95. The molecule has 2 amide bonds. The number of nitrogens with zero attached hydrogens (tertiary/aromatic N) is 3. The molecular formula is C26H39N5O3. The van der Waals surface area contributed by atoms with Crippen LogP contribution >= 0.6 is 0 Å². The van der Waals surface area contributed by atoms with Gasteiger partial charge in [0.05, 0.1) is 12.2 Å². The van der Waals surface area contributed by atoms with Crippen molar-refractivity contribution in [3.8, 4) is 6.07 Å². The molecule has 3 heterocycles. The normalized spacial score (nSPS) is 15.1. The van der Waals surface area contributed by atoms with Crippen LogP contribution in [0, 0.1) is 23.2 Å². The number of likely N-dealkylation sites (tertiary alicyclic amines) is 1. The Morgan fingerprint density at radius 2 is 1.94 bits per heavy atom. The molecule has 8 heteroatoms. The number of nitriles is 1. The van der Waals surface area contributed by atoms with Crippen LogP contribution in [0.3, 0.4) is 0 Å². The molecule has 34 heavy (non-hydrogen) atoms. The Hall–Kier alpha value is -3.08. The Balaban J connectivity index is 0.00000199. The van der Waals surface area contributed by atoms with E-state index >= 15 is 0 Å². The minimum absolute atomic E-state index is 0.0166. The topological polar surface area (TPSA) is 111 Å². The Bertz CT molecular complexity index is 1020. The van der Waals surface area contributed by atoms with Gasteiger partial charge >= 0.3 is 0 Å². The third kappa shape index (κ3) is 6.72. The van der Waals surface area contributed by atoms with Crippen molar-refractivity contribution in [3.05, 3.63) is 23.6 Å². The summed E-state index contributed by atoms with van der Waals surface area (Å²) in [5.74, 6) is 1.38. The van der Waals surface area contributed by atoms with Crippen LogP contribution in [0.15, 0.2) is 16.7 Å². The zero-order valence-corrected chi connectivity index (χ0v) is 21.6. The maximum atomic E-state index is 13.0. The van der Waals surface area contributed by atoms with Gasteiger partial charge < -0.3 is 20.0 Å². The Morgan fingerprint density at radius 1 is 1.26 bits per heavy atom. The number of nitrogens with one attached hydrogen (secondary N) is 2. The van der Waals surface area contributed by atoms with Crippen molar-refractivity contribution in [2.45, 2.75) is 79.8 Å². The van der Waals surface area contributed by atoms with Crippen molar-refractivity contribution >= 4 is 28.6 Å². The van der Waals surface area contributed by atoms with E-state index in [1.165, 1.54) is 6.92 Å². The van der Waals surface area contributed by atoms with Gasteiger partial charge in [-0.25, -0.2) is 4.98 Å². The number of aromatic nitrogens is 1. The molecule has 8 nitrogen and oxygen atoms in total. The molecule has 2 N–H and O–H groups in total. The molecule has 0 spiro atoms. The summed E-state index contributed by atoms with van der Waals surface area (Å²) in [5, 5.41) is 16.5. The lowest BCUT2D eigenvalue weighted by Crippen LogP contribution is -2.60. The molecule has 0 radical (unpaired) electrons. The van der Waals surface area contributed by atoms with Crippen molar-refractivity contribution in [2.24, 2.45) is 11.8 Å². The summed E-state index contributed by atoms with van der Waals surface area (Å²) in [7, 11) is 0. The van der Waals surface area contributed by atoms with Crippen molar-refractivity contribution < 1.29 is 14.0 Å². The highest BCUT2D eigenvalue weighted by molar-refractivity contribution is 6.08. The van der Waals surface area contributed by atoms with E-state index < -0.39 is 0 Å². The van der Waals surface area contributed by atoms with E-state index in [1.54, 1.807) is 17.2 Å². The lowest BCUT2D eigenvalue weighted by atomic mass is 9.93. The second-order valence-corrected chi connectivity index (χ2v) is 9.30. The largest absolute Gasteiger partial charge is 0.443 e. The molecular weight excluding hydrogens is 430 g/mol. The minimum atomic E-state index is -0.371. The van der Waals surface area contributed by atoms with E-state index in [1.807, 2.05) is 19.9 Å². The fraction of sp³-hybridized carbons (Fsp3) is 0.615. The molecule has 2 unspecified atom stereocenters. The molecule has 1 aliphatic rings. The average molecular weight is 470 g/mol. The van der Waals surface area contributed by atoms with Crippen molar-refractivity contribution in [2.75, 3.05) is 18.4 Å². The zero-order valence-electron chi connectivity index (χ0n) is 21.6. The number of hydrogen-bond acceptors (Lipinski definition) is 6. The second kappa shape index (κ2) is 12.4. The van der Waals surface area contributed by atoms with E-state index in [0.29, 0.717) is 41.7 Å². The van der Waals surface area contributed by atoms with Gasteiger partial charge in [-0.2, -0.15) is 5.26 Å². The first-order valence-electron chi connectivity index (χ1n) is 12.4. The van der Waals surface area contributed by atoms with Crippen LogP contribution in [0.1, 0.15) is 83.8 Å². The van der Waals surface area contributed by atoms with Gasteiger partial charge in [0.25, 0.3) is 5.91 Å². The fourth-order valence-electron chi connectivity index (χ4n) is 4.12. The number of pyridine rings is 1. The summed E-state index contributed by atoms with van der Waals surface area (Å²) in [6.45, 7) is 15.3. The zero-order chi connectivity index (χ0) is 25.4. The van der Waals surface area contributed by atoms with Gasteiger partial charge in [-0.1, -0.05) is 48.0 Å². The van der Waals surface area contributed by atoms with Crippen LogP contribution in [0.25, 0.3) is 11.0 Å². The first-order valence-corrected chi connectivity index (χ1v) is 12.4. The Labute approximate surface area is 203 Å². The van der Waals surface area contributed by atoms with E-state index in [4.69, 9.17) is 4.42 Å². The summed E-state index contributed by atoms with van der Waals surface area (Å²) in [5.41, 5.74) is 0.620. The first-order chi connectivity index (χ1) is 16.2. The highest BCUT2D eigenvalue weighted by atomic mass is 16.3. The molecule has 0 saturated carbocycles. The predicted molar refractivity (Wildman–Crippen MR) is 135 cm³/mol. The molecule has 1 saturated heterocycles. The Kier molecular flexibility index (Phi) is 9.91. The van der Waals surface area contributed by atoms with Gasteiger partial charge in [-0.15, -0.1) is 0 Å². The summed E-state index contributed by atoms with van der Waals surface area (Å²) < 4.78 is 5.59. The lowest BCUT2D eigenvalue weighted by molar-refractivity contribution is -0.133. The van der Waals surface area contributed by atoms with Gasteiger partial charge in [0.15, 0.2) is 5.58 Å². The number of carbonyl (C=O) groups is 2. The first kappa shape index (κ1) is 27.2. The summed E-state index contributed by atoms with van der Waals surface area (Å²) in [6, 6.07) is 3.91. The molecule has 2 aromatic heterocycles. The van der Waals surface area contributed by atoms with E-state index in [9.17, 15) is 14.9 Å². The summed E-state index contributed by atoms with van der Waals surface area (Å²) in [6.07, 6.45) is 4.72. The fourth-order valence-corrected chi connectivity index (χ4v) is 4.12. The smallest absolute Gasteiger partial charge is 0.256 e. The molecule has 2 aromatic rings. The monoisotopic (exact) mass is 469 g/mol. The third-order valence-electron chi connectivity index (χ3n) is 6.06. The molecule has 186 valence electrons. The van der Waals surface area contributed by atoms with Crippen LogP contribution in [-0.4, -0.2) is 46.9 Å². The molecule has 3 rings (SSSR count). The summed E-state index contributed by atoms with van der Waals surface area (Å²) >= 11 is 0. The van der Waals surface area contributed by atoms with Gasteiger partial charge in [0.1, 0.15) is 17.5 Å². The van der Waals surface area contributed by atoms with Gasteiger partial charge in [0.2, 0.25) is 11.7 Å².